The molecular weight excluding hydrogens is 473 g/mol. The third-order valence-electron chi connectivity index (χ3n) is 6.49. The van der Waals surface area contributed by atoms with Gasteiger partial charge in [0.1, 0.15) is 22.7 Å². The van der Waals surface area contributed by atoms with Crippen molar-refractivity contribution >= 4 is 11.5 Å². The fourth-order valence-corrected chi connectivity index (χ4v) is 4.79. The maximum absolute atomic E-state index is 13.5. The number of imidazole rings is 1. The highest BCUT2D eigenvalue weighted by molar-refractivity contribution is 5.95. The second kappa shape index (κ2) is 8.11. The third-order valence-corrected chi connectivity index (χ3v) is 6.49. The minimum Gasteiger partial charge on any atom is -0.483 e. The number of amides is 1. The molecule has 3 aromatic rings. The number of carbonyl (C=O) groups is 1. The van der Waals surface area contributed by atoms with Crippen molar-refractivity contribution in [3.8, 4) is 11.4 Å². The average Bonchev–Trinajstić information content (AvgIpc) is 3.21. The number of nitrogens with zero attached hydrogens (tertiary/aromatic N) is 4. The van der Waals surface area contributed by atoms with E-state index in [1.807, 2.05) is 27.7 Å². The first-order chi connectivity index (χ1) is 16.8. The molecule has 0 bridgehead atoms. The molecule has 4 heterocycles. The van der Waals surface area contributed by atoms with Crippen LogP contribution in [0.25, 0.3) is 11.3 Å². The Hall–Kier alpha value is -3.82. The summed E-state index contributed by atoms with van der Waals surface area (Å²) in [7, 11) is 0. The largest absolute Gasteiger partial charge is 0.483 e. The molecule has 0 unspecified atom stereocenters. The number of hydrogen-bond acceptors (Lipinski definition) is 4. The number of aromatic nitrogens is 3. The maximum atomic E-state index is 13.5. The van der Waals surface area contributed by atoms with Crippen LogP contribution in [0.2, 0.25) is 0 Å². The summed E-state index contributed by atoms with van der Waals surface area (Å²) >= 11 is 0. The van der Waals surface area contributed by atoms with Gasteiger partial charge in [-0.3, -0.25) is 9.59 Å². The molecule has 0 radical (unpaired) electrons. The van der Waals surface area contributed by atoms with Gasteiger partial charge >= 0.3 is 6.18 Å². The van der Waals surface area contributed by atoms with E-state index in [0.717, 1.165) is 17.8 Å². The third kappa shape index (κ3) is 4.10. The fourth-order valence-electron chi connectivity index (χ4n) is 4.79. The molecule has 1 aromatic carbocycles. The molecule has 10 heteroatoms. The van der Waals surface area contributed by atoms with Crippen molar-refractivity contribution < 1.29 is 22.7 Å². The first-order valence-electron chi connectivity index (χ1n) is 11.5. The van der Waals surface area contributed by atoms with Crippen LogP contribution >= 0.6 is 0 Å². The quantitative estimate of drug-likeness (QED) is 0.535. The summed E-state index contributed by atoms with van der Waals surface area (Å²) in [6.45, 7) is 7.59. The molecule has 0 N–H and O–H groups in total. The monoisotopic (exact) mass is 498 g/mol. The smallest absolute Gasteiger partial charge is 0.416 e. The predicted octanol–water partition coefficient (Wildman–Crippen LogP) is 4.46. The molecule has 188 valence electrons. The molecule has 1 amide bonds. The van der Waals surface area contributed by atoms with Crippen molar-refractivity contribution in [2.45, 2.75) is 52.1 Å². The lowest BCUT2D eigenvalue weighted by atomic mass is 9.92. The number of halogens is 3. The SMILES string of the molecule is Cc1cn(-c2ccc3n(c2=O)C[C@@H](C)N(CC2=CC(C)(C)Oc4ccc(C(F)(F)F)cc42)C3=O)cn1. The Morgan fingerprint density at radius 3 is 2.58 bits per heavy atom. The molecule has 5 rings (SSSR count). The molecule has 0 spiro atoms. The Bertz CT molecular complexity index is 1470. The van der Waals surface area contributed by atoms with Crippen molar-refractivity contribution in [2.24, 2.45) is 0 Å². The maximum Gasteiger partial charge on any atom is 0.416 e. The van der Waals surface area contributed by atoms with Gasteiger partial charge in [-0.2, -0.15) is 13.2 Å². The van der Waals surface area contributed by atoms with Crippen LogP contribution in [-0.4, -0.2) is 43.1 Å². The van der Waals surface area contributed by atoms with E-state index in [4.69, 9.17) is 4.74 Å². The lowest BCUT2D eigenvalue weighted by Gasteiger charge is -2.38. The van der Waals surface area contributed by atoms with Gasteiger partial charge in [0.15, 0.2) is 0 Å². The number of alkyl halides is 3. The van der Waals surface area contributed by atoms with E-state index in [2.05, 4.69) is 4.98 Å². The number of aryl methyl sites for hydroxylation is 1. The van der Waals surface area contributed by atoms with E-state index in [1.165, 1.54) is 10.6 Å². The first kappa shape index (κ1) is 23.9. The van der Waals surface area contributed by atoms with E-state index >= 15 is 0 Å². The molecular formula is C26H25F3N4O3. The molecule has 0 aliphatic carbocycles. The van der Waals surface area contributed by atoms with Gasteiger partial charge in [0.2, 0.25) is 0 Å². The number of carbonyl (C=O) groups excluding carboxylic acids is 1. The standard InChI is InChI=1S/C26H25F3N4O3/c1-15-11-31(14-30-15)20-6-7-21-24(35)32(16(2)12-33(21)23(20)34)13-17-10-25(3,4)36-22-8-5-18(9-19(17)22)26(27,28)29/h5-11,14,16H,12-13H2,1-4H3/t16-/m1/s1. The highest BCUT2D eigenvalue weighted by Crippen LogP contribution is 2.40. The summed E-state index contributed by atoms with van der Waals surface area (Å²) in [4.78, 5) is 32.5. The van der Waals surface area contributed by atoms with Crippen molar-refractivity contribution in [3.63, 3.8) is 0 Å². The Balaban J connectivity index is 1.51. The molecule has 7 nitrogen and oxygen atoms in total. The number of hydrogen-bond donors (Lipinski definition) is 0. The first-order valence-corrected chi connectivity index (χ1v) is 11.5. The van der Waals surface area contributed by atoms with Crippen LogP contribution in [0.1, 0.15) is 48.1 Å². The minimum absolute atomic E-state index is 0.0811. The molecule has 2 aliphatic heterocycles. The Morgan fingerprint density at radius 1 is 1.17 bits per heavy atom. The van der Waals surface area contributed by atoms with Crippen LogP contribution in [-0.2, 0) is 12.7 Å². The average molecular weight is 499 g/mol. The van der Waals surface area contributed by atoms with Crippen LogP contribution in [0.15, 0.2) is 53.7 Å². The van der Waals surface area contributed by atoms with Crippen LogP contribution in [0.5, 0.6) is 5.75 Å². The number of rotatable bonds is 3. The molecule has 36 heavy (non-hydrogen) atoms. The molecule has 0 saturated heterocycles. The fraction of sp³-hybridized carbons (Fsp3) is 0.346. The zero-order valence-corrected chi connectivity index (χ0v) is 20.3. The Labute approximate surface area is 205 Å². The number of fused-ring (bicyclic) bond motifs is 2. The van der Waals surface area contributed by atoms with Crippen molar-refractivity contribution in [1.29, 1.82) is 0 Å². The Morgan fingerprint density at radius 2 is 1.92 bits per heavy atom. The summed E-state index contributed by atoms with van der Waals surface area (Å²) < 4.78 is 49.2. The van der Waals surface area contributed by atoms with Crippen molar-refractivity contribution in [2.75, 3.05) is 6.54 Å². The van der Waals surface area contributed by atoms with E-state index in [-0.39, 0.29) is 36.3 Å². The van der Waals surface area contributed by atoms with Crippen LogP contribution in [0, 0.1) is 6.92 Å². The van der Waals surface area contributed by atoms with Crippen molar-refractivity contribution in [1.82, 2.24) is 19.0 Å². The van der Waals surface area contributed by atoms with Gasteiger partial charge in [-0.05, 0) is 69.7 Å². The van der Waals surface area contributed by atoms with Gasteiger partial charge in [0.25, 0.3) is 11.5 Å². The number of pyridine rings is 1. The lowest BCUT2D eigenvalue weighted by Crippen LogP contribution is -2.50. The zero-order chi connectivity index (χ0) is 26.0. The van der Waals surface area contributed by atoms with E-state index in [0.29, 0.717) is 22.6 Å². The second-order valence-corrected chi connectivity index (χ2v) is 9.81. The van der Waals surface area contributed by atoms with Crippen LogP contribution in [0.3, 0.4) is 0 Å². The summed E-state index contributed by atoms with van der Waals surface area (Å²) in [6.07, 6.45) is 0.524. The minimum atomic E-state index is -4.51. The summed E-state index contributed by atoms with van der Waals surface area (Å²) in [6, 6.07) is 6.20. The number of ether oxygens (including phenoxy) is 1. The van der Waals surface area contributed by atoms with Gasteiger partial charge in [-0.1, -0.05) is 0 Å². The molecule has 2 aromatic heterocycles. The van der Waals surface area contributed by atoms with Crippen LogP contribution < -0.4 is 10.3 Å². The zero-order valence-electron chi connectivity index (χ0n) is 20.3. The summed E-state index contributed by atoms with van der Waals surface area (Å²) in [5.41, 5.74) is 0.381. The summed E-state index contributed by atoms with van der Waals surface area (Å²) in [5, 5.41) is 0. The van der Waals surface area contributed by atoms with E-state index in [1.54, 1.807) is 40.2 Å². The second-order valence-electron chi connectivity index (χ2n) is 9.81. The Kier molecular flexibility index (Phi) is 5.38. The van der Waals surface area contributed by atoms with Gasteiger partial charge in [0, 0.05) is 30.9 Å². The predicted molar refractivity (Wildman–Crippen MR) is 127 cm³/mol. The van der Waals surface area contributed by atoms with E-state index < -0.39 is 17.3 Å². The van der Waals surface area contributed by atoms with Crippen LogP contribution in [0.4, 0.5) is 13.2 Å². The van der Waals surface area contributed by atoms with Gasteiger partial charge in [-0.15, -0.1) is 0 Å². The van der Waals surface area contributed by atoms with Crippen molar-refractivity contribution in [3.05, 3.63) is 81.8 Å². The topological polar surface area (TPSA) is 69.4 Å². The molecule has 2 aliphatic rings. The van der Waals surface area contributed by atoms with E-state index in [9.17, 15) is 22.8 Å². The molecule has 0 fully saturated rings. The van der Waals surface area contributed by atoms with Gasteiger partial charge in [0.05, 0.1) is 17.6 Å². The highest BCUT2D eigenvalue weighted by atomic mass is 19.4. The highest BCUT2D eigenvalue weighted by Gasteiger charge is 2.37. The normalized spacial score (nSPS) is 18.9. The van der Waals surface area contributed by atoms with Gasteiger partial charge < -0.3 is 18.8 Å². The van der Waals surface area contributed by atoms with Gasteiger partial charge in [-0.25, -0.2) is 4.98 Å². The number of benzene rings is 1. The summed E-state index contributed by atoms with van der Waals surface area (Å²) in [5.74, 6) is -0.0302. The molecule has 1 atom stereocenters. The lowest BCUT2D eigenvalue weighted by molar-refractivity contribution is -0.137. The molecule has 0 saturated carbocycles.